The molecule has 4 N–H and O–H groups in total. The van der Waals surface area contributed by atoms with Crippen LogP contribution < -0.4 is 0 Å². The number of aliphatic carboxylic acids is 1. The minimum Gasteiger partial charge on any atom is -0.479 e. The van der Waals surface area contributed by atoms with Gasteiger partial charge in [-0.2, -0.15) is 0 Å². The fourth-order valence-electron chi connectivity index (χ4n) is 0.851. The number of carboxylic acid groups (broad SMARTS) is 1. The van der Waals surface area contributed by atoms with Crippen molar-refractivity contribution in [2.45, 2.75) is 31.3 Å². The fourth-order valence-corrected chi connectivity index (χ4v) is 0.851. The zero-order valence-corrected chi connectivity index (χ0v) is 7.41. The van der Waals surface area contributed by atoms with Crippen LogP contribution in [-0.2, 0) is 9.53 Å². The first-order valence-corrected chi connectivity index (χ1v) is 3.71. The molecular formula is C7H14O6. The first kappa shape index (κ1) is 12.3. The summed E-state index contributed by atoms with van der Waals surface area (Å²) in [6.45, 7) is 1.24. The Balaban J connectivity index is 4.36. The predicted octanol–water partition coefficient (Wildman–Crippen LogP) is -1.81. The van der Waals surface area contributed by atoms with Crippen LogP contribution in [0, 0.1) is 0 Å². The van der Waals surface area contributed by atoms with Crippen LogP contribution in [0.4, 0.5) is 0 Å². The third-order valence-corrected chi connectivity index (χ3v) is 1.65. The third-order valence-electron chi connectivity index (χ3n) is 1.65. The highest BCUT2D eigenvalue weighted by molar-refractivity contribution is 5.73. The predicted molar refractivity (Wildman–Crippen MR) is 42.1 cm³/mol. The molecule has 0 bridgehead atoms. The average molecular weight is 194 g/mol. The summed E-state index contributed by atoms with van der Waals surface area (Å²) in [5, 5.41) is 35.7. The van der Waals surface area contributed by atoms with Crippen LogP contribution in [0.25, 0.3) is 0 Å². The maximum Gasteiger partial charge on any atom is 0.335 e. The van der Waals surface area contributed by atoms with Crippen molar-refractivity contribution < 1.29 is 30.0 Å². The summed E-state index contributed by atoms with van der Waals surface area (Å²) in [6, 6.07) is 0. The molecule has 0 rings (SSSR count). The first-order valence-electron chi connectivity index (χ1n) is 3.71. The van der Waals surface area contributed by atoms with Gasteiger partial charge in [0.1, 0.15) is 12.2 Å². The number of carboxylic acids is 1. The number of hydrogen-bond donors (Lipinski definition) is 4. The second-order valence-corrected chi connectivity index (χ2v) is 2.72. The molecule has 78 valence electrons. The summed E-state index contributed by atoms with van der Waals surface area (Å²) in [6.07, 6.45) is -5.94. The van der Waals surface area contributed by atoms with Crippen LogP contribution in [0.5, 0.6) is 0 Å². The SMILES string of the molecule is COC(C(=O)O)C(O)C(O)C(C)O. The molecule has 4 atom stereocenters. The van der Waals surface area contributed by atoms with Crippen molar-refractivity contribution in [2.24, 2.45) is 0 Å². The maximum absolute atomic E-state index is 10.4. The van der Waals surface area contributed by atoms with Crippen LogP contribution in [0.3, 0.4) is 0 Å². The lowest BCUT2D eigenvalue weighted by Crippen LogP contribution is -2.47. The highest BCUT2D eigenvalue weighted by Gasteiger charge is 2.34. The van der Waals surface area contributed by atoms with Crippen LogP contribution in [0.2, 0.25) is 0 Å². The summed E-state index contributed by atoms with van der Waals surface area (Å²) >= 11 is 0. The number of ether oxygens (including phenoxy) is 1. The van der Waals surface area contributed by atoms with Crippen molar-refractivity contribution in [3.8, 4) is 0 Å². The van der Waals surface area contributed by atoms with Gasteiger partial charge in [-0.05, 0) is 6.92 Å². The molecule has 13 heavy (non-hydrogen) atoms. The molecule has 0 saturated carbocycles. The van der Waals surface area contributed by atoms with Gasteiger partial charge in [0.25, 0.3) is 0 Å². The molecule has 0 aliphatic rings. The standard InChI is InChI=1S/C7H14O6/c1-3(8)4(9)5(10)6(13-2)7(11)12/h3-6,8-10H,1-2H3,(H,11,12). The molecule has 6 nitrogen and oxygen atoms in total. The molecule has 0 aliphatic heterocycles. The summed E-state index contributed by atoms with van der Waals surface area (Å²) in [5.41, 5.74) is 0. The van der Waals surface area contributed by atoms with E-state index < -0.39 is 30.4 Å². The summed E-state index contributed by atoms with van der Waals surface area (Å²) in [5.74, 6) is -1.39. The Hall–Kier alpha value is -0.690. The number of aliphatic hydroxyl groups excluding tert-OH is 3. The Labute approximate surface area is 75.4 Å². The van der Waals surface area contributed by atoms with E-state index in [1.165, 1.54) is 6.92 Å². The van der Waals surface area contributed by atoms with Crippen LogP contribution in [0.1, 0.15) is 6.92 Å². The lowest BCUT2D eigenvalue weighted by atomic mass is 10.0. The van der Waals surface area contributed by atoms with Crippen LogP contribution in [-0.4, -0.2) is 57.9 Å². The van der Waals surface area contributed by atoms with Crippen molar-refractivity contribution in [2.75, 3.05) is 7.11 Å². The Morgan fingerprint density at radius 1 is 1.23 bits per heavy atom. The van der Waals surface area contributed by atoms with Gasteiger partial charge in [-0.15, -0.1) is 0 Å². The lowest BCUT2D eigenvalue weighted by molar-refractivity contribution is -0.166. The lowest BCUT2D eigenvalue weighted by Gasteiger charge is -2.24. The van der Waals surface area contributed by atoms with E-state index in [-0.39, 0.29) is 0 Å². The zero-order valence-electron chi connectivity index (χ0n) is 7.41. The number of aliphatic hydroxyl groups is 3. The Morgan fingerprint density at radius 2 is 1.69 bits per heavy atom. The van der Waals surface area contributed by atoms with E-state index >= 15 is 0 Å². The monoisotopic (exact) mass is 194 g/mol. The molecule has 0 aliphatic carbocycles. The largest absolute Gasteiger partial charge is 0.479 e. The third kappa shape index (κ3) is 3.27. The van der Waals surface area contributed by atoms with Crippen molar-refractivity contribution >= 4 is 5.97 Å². The molecule has 0 heterocycles. The highest BCUT2D eigenvalue weighted by Crippen LogP contribution is 2.07. The van der Waals surface area contributed by atoms with Gasteiger partial charge in [-0.25, -0.2) is 4.79 Å². The molecule has 0 amide bonds. The van der Waals surface area contributed by atoms with E-state index in [1.54, 1.807) is 0 Å². The number of hydrogen-bond acceptors (Lipinski definition) is 5. The number of methoxy groups -OCH3 is 1. The molecule has 0 aromatic carbocycles. The Morgan fingerprint density at radius 3 is 1.92 bits per heavy atom. The number of carbonyl (C=O) groups is 1. The molecule has 0 saturated heterocycles. The second kappa shape index (κ2) is 5.13. The molecule has 6 heteroatoms. The summed E-state index contributed by atoms with van der Waals surface area (Å²) in [4.78, 5) is 10.4. The van der Waals surface area contributed by atoms with Crippen LogP contribution in [0.15, 0.2) is 0 Å². The molecule has 0 fully saturated rings. The van der Waals surface area contributed by atoms with E-state index in [0.717, 1.165) is 7.11 Å². The highest BCUT2D eigenvalue weighted by atomic mass is 16.5. The van der Waals surface area contributed by atoms with E-state index in [2.05, 4.69) is 4.74 Å². The van der Waals surface area contributed by atoms with E-state index in [0.29, 0.717) is 0 Å². The van der Waals surface area contributed by atoms with Crippen molar-refractivity contribution in [3.63, 3.8) is 0 Å². The van der Waals surface area contributed by atoms with Gasteiger partial charge in [-0.1, -0.05) is 0 Å². The van der Waals surface area contributed by atoms with E-state index in [4.69, 9.17) is 15.3 Å². The van der Waals surface area contributed by atoms with Gasteiger partial charge >= 0.3 is 5.97 Å². The summed E-state index contributed by atoms with van der Waals surface area (Å²) in [7, 11) is 1.09. The quantitative estimate of drug-likeness (QED) is 0.411. The van der Waals surface area contributed by atoms with Crippen LogP contribution >= 0.6 is 0 Å². The van der Waals surface area contributed by atoms with Gasteiger partial charge in [0, 0.05) is 7.11 Å². The van der Waals surface area contributed by atoms with Gasteiger partial charge < -0.3 is 25.2 Å². The number of rotatable bonds is 5. The maximum atomic E-state index is 10.4. The van der Waals surface area contributed by atoms with Crippen molar-refractivity contribution in [3.05, 3.63) is 0 Å². The topological polar surface area (TPSA) is 107 Å². The van der Waals surface area contributed by atoms with Gasteiger partial charge in [0.2, 0.25) is 0 Å². The van der Waals surface area contributed by atoms with Crippen molar-refractivity contribution in [1.29, 1.82) is 0 Å². The molecule has 4 unspecified atom stereocenters. The zero-order chi connectivity index (χ0) is 10.6. The summed E-state index contributed by atoms with van der Waals surface area (Å²) < 4.78 is 4.42. The minimum absolute atomic E-state index is 1.09. The Bertz CT molecular complexity index is 168. The molecule has 0 aromatic heterocycles. The van der Waals surface area contributed by atoms with Gasteiger partial charge in [-0.3, -0.25) is 0 Å². The van der Waals surface area contributed by atoms with Gasteiger partial charge in [0.15, 0.2) is 6.10 Å². The van der Waals surface area contributed by atoms with E-state index in [9.17, 15) is 9.90 Å². The van der Waals surface area contributed by atoms with Crippen molar-refractivity contribution in [1.82, 2.24) is 0 Å². The van der Waals surface area contributed by atoms with Gasteiger partial charge in [0.05, 0.1) is 6.10 Å². The first-order chi connectivity index (χ1) is 5.91. The van der Waals surface area contributed by atoms with E-state index in [1.807, 2.05) is 0 Å². The molecular weight excluding hydrogens is 180 g/mol. The average Bonchev–Trinajstić information content (AvgIpc) is 2.03. The molecule has 0 radical (unpaired) electrons. The fraction of sp³-hybridized carbons (Fsp3) is 0.857. The molecule has 0 aromatic rings. The second-order valence-electron chi connectivity index (χ2n) is 2.72. The molecule has 0 spiro atoms. The normalized spacial score (nSPS) is 20.4. The minimum atomic E-state index is -1.65. The Kier molecular flexibility index (Phi) is 4.86. The smallest absolute Gasteiger partial charge is 0.335 e.